The number of aromatic nitrogens is 1. The van der Waals surface area contributed by atoms with E-state index in [1.165, 1.54) is 36.4 Å². The number of amides is 1. The first-order valence-electron chi connectivity index (χ1n) is 12.4. The third kappa shape index (κ3) is 7.92. The van der Waals surface area contributed by atoms with E-state index < -0.39 is 33.0 Å². The molecular formula is C29H31F3N2O4S. The van der Waals surface area contributed by atoms with E-state index in [2.05, 4.69) is 19.2 Å². The van der Waals surface area contributed by atoms with E-state index in [4.69, 9.17) is 0 Å². The molecule has 6 nitrogen and oxygen atoms in total. The van der Waals surface area contributed by atoms with E-state index in [0.29, 0.717) is 17.2 Å². The summed E-state index contributed by atoms with van der Waals surface area (Å²) in [6, 6.07) is 13.2. The Morgan fingerprint density at radius 3 is 2.36 bits per heavy atom. The fraction of sp³-hybridized carbons (Fsp3) is 0.310. The first-order valence-corrected chi connectivity index (χ1v) is 14.1. The Kier molecular flexibility index (Phi) is 9.55. The van der Waals surface area contributed by atoms with Crippen LogP contribution in [-0.2, 0) is 22.6 Å². The number of sulfone groups is 1. The van der Waals surface area contributed by atoms with Crippen LogP contribution in [0.2, 0.25) is 0 Å². The van der Waals surface area contributed by atoms with Crippen molar-refractivity contribution < 1.29 is 26.4 Å². The number of rotatable bonds is 10. The molecule has 0 saturated carbocycles. The number of benzene rings is 2. The van der Waals surface area contributed by atoms with E-state index in [0.717, 1.165) is 29.5 Å². The highest BCUT2D eigenvalue weighted by molar-refractivity contribution is 7.91. The SMILES string of the molecule is Cc1ccc(C(=O)NCc2ccc(S(=O)(=O)CC=CCCC(C)C)cc2)c(=O)n1-c1cccc(C(F)(F)F)c1. The van der Waals surface area contributed by atoms with Gasteiger partial charge in [-0.3, -0.25) is 14.2 Å². The number of halogens is 3. The van der Waals surface area contributed by atoms with Gasteiger partial charge in [-0.25, -0.2) is 8.42 Å². The molecule has 1 amide bonds. The normalized spacial score (nSPS) is 12.3. The summed E-state index contributed by atoms with van der Waals surface area (Å²) in [6.07, 6.45) is 0.741. The molecule has 0 saturated heterocycles. The molecule has 208 valence electrons. The summed E-state index contributed by atoms with van der Waals surface area (Å²) in [6.45, 7) is 5.78. The molecule has 0 aliphatic heterocycles. The number of hydrogen-bond acceptors (Lipinski definition) is 4. The van der Waals surface area contributed by atoms with Crippen LogP contribution in [0, 0.1) is 12.8 Å². The van der Waals surface area contributed by atoms with Crippen molar-refractivity contribution in [2.75, 3.05) is 5.75 Å². The van der Waals surface area contributed by atoms with Crippen LogP contribution in [0.4, 0.5) is 13.2 Å². The van der Waals surface area contributed by atoms with Crippen molar-refractivity contribution >= 4 is 15.7 Å². The van der Waals surface area contributed by atoms with Crippen LogP contribution in [0.3, 0.4) is 0 Å². The minimum atomic E-state index is -4.58. The monoisotopic (exact) mass is 560 g/mol. The molecule has 2 aromatic carbocycles. The highest BCUT2D eigenvalue weighted by atomic mass is 32.2. The fourth-order valence-electron chi connectivity index (χ4n) is 3.88. The van der Waals surface area contributed by atoms with Gasteiger partial charge in [0.1, 0.15) is 5.56 Å². The summed E-state index contributed by atoms with van der Waals surface area (Å²) >= 11 is 0. The Labute approximate surface area is 226 Å². The van der Waals surface area contributed by atoms with Crippen molar-refractivity contribution in [2.24, 2.45) is 5.92 Å². The molecule has 1 heterocycles. The van der Waals surface area contributed by atoms with Gasteiger partial charge < -0.3 is 5.32 Å². The van der Waals surface area contributed by atoms with Gasteiger partial charge in [0, 0.05) is 17.9 Å². The molecule has 0 atom stereocenters. The quantitative estimate of drug-likeness (QED) is 0.315. The van der Waals surface area contributed by atoms with Gasteiger partial charge in [0.2, 0.25) is 0 Å². The van der Waals surface area contributed by atoms with Crippen LogP contribution in [0.15, 0.2) is 82.5 Å². The maximum absolute atomic E-state index is 13.2. The Morgan fingerprint density at radius 1 is 1.03 bits per heavy atom. The molecule has 0 aliphatic carbocycles. The molecule has 1 aromatic heterocycles. The van der Waals surface area contributed by atoms with Crippen molar-refractivity contribution in [2.45, 2.75) is 51.2 Å². The lowest BCUT2D eigenvalue weighted by Gasteiger charge is -2.14. The maximum atomic E-state index is 13.2. The number of pyridine rings is 1. The van der Waals surface area contributed by atoms with Crippen molar-refractivity contribution in [1.29, 1.82) is 0 Å². The molecule has 3 rings (SSSR count). The molecule has 1 N–H and O–H groups in total. The molecule has 39 heavy (non-hydrogen) atoms. The molecule has 3 aromatic rings. The minimum absolute atomic E-state index is 0.00598. The van der Waals surface area contributed by atoms with Gasteiger partial charge >= 0.3 is 6.18 Å². The average molecular weight is 561 g/mol. The van der Waals surface area contributed by atoms with E-state index in [1.807, 2.05) is 6.08 Å². The summed E-state index contributed by atoms with van der Waals surface area (Å²) in [5, 5.41) is 2.61. The van der Waals surface area contributed by atoms with Crippen molar-refractivity contribution in [3.8, 4) is 5.69 Å². The van der Waals surface area contributed by atoms with E-state index in [1.54, 1.807) is 25.1 Å². The van der Waals surface area contributed by atoms with Crippen LogP contribution >= 0.6 is 0 Å². The molecule has 0 radical (unpaired) electrons. The highest BCUT2D eigenvalue weighted by Gasteiger charge is 2.30. The fourth-order valence-corrected chi connectivity index (χ4v) is 5.01. The van der Waals surface area contributed by atoms with E-state index >= 15 is 0 Å². The van der Waals surface area contributed by atoms with Gasteiger partial charge in [-0.1, -0.05) is 44.2 Å². The third-order valence-corrected chi connectivity index (χ3v) is 7.70. The summed E-state index contributed by atoms with van der Waals surface area (Å²) in [5.74, 6) is -0.266. The van der Waals surface area contributed by atoms with Crippen LogP contribution in [0.5, 0.6) is 0 Å². The number of carbonyl (C=O) groups is 1. The van der Waals surface area contributed by atoms with Gasteiger partial charge in [0.05, 0.1) is 16.2 Å². The zero-order chi connectivity index (χ0) is 28.8. The number of hydrogen-bond donors (Lipinski definition) is 1. The first-order chi connectivity index (χ1) is 18.3. The second-order valence-corrected chi connectivity index (χ2v) is 11.7. The van der Waals surface area contributed by atoms with Gasteiger partial charge in [0.15, 0.2) is 9.84 Å². The number of allylic oxidation sites excluding steroid dienone is 1. The number of carbonyl (C=O) groups excluding carboxylic acids is 1. The lowest BCUT2D eigenvalue weighted by Crippen LogP contribution is -2.33. The number of aryl methyl sites for hydroxylation is 1. The lowest BCUT2D eigenvalue weighted by molar-refractivity contribution is -0.137. The van der Waals surface area contributed by atoms with Crippen LogP contribution in [0.1, 0.15) is 53.9 Å². The van der Waals surface area contributed by atoms with Crippen LogP contribution in [0.25, 0.3) is 5.69 Å². The Morgan fingerprint density at radius 2 is 1.72 bits per heavy atom. The predicted octanol–water partition coefficient (Wildman–Crippen LogP) is 5.86. The second-order valence-electron chi connectivity index (χ2n) is 9.63. The summed E-state index contributed by atoms with van der Waals surface area (Å²) < 4.78 is 65.7. The highest BCUT2D eigenvalue weighted by Crippen LogP contribution is 2.30. The number of alkyl halides is 3. The van der Waals surface area contributed by atoms with Crippen molar-refractivity contribution in [3.63, 3.8) is 0 Å². The molecule has 0 spiro atoms. The van der Waals surface area contributed by atoms with Gasteiger partial charge in [0.25, 0.3) is 11.5 Å². The average Bonchev–Trinajstić information content (AvgIpc) is 2.87. The summed E-state index contributed by atoms with van der Waals surface area (Å²) in [7, 11) is -3.49. The van der Waals surface area contributed by atoms with Gasteiger partial charge in [-0.15, -0.1) is 0 Å². The van der Waals surface area contributed by atoms with Crippen molar-refractivity contribution in [3.05, 3.63) is 106 Å². The Hall–Kier alpha value is -3.66. The largest absolute Gasteiger partial charge is 0.416 e. The van der Waals surface area contributed by atoms with E-state index in [-0.39, 0.29) is 28.4 Å². The second kappa shape index (κ2) is 12.5. The van der Waals surface area contributed by atoms with E-state index in [9.17, 15) is 31.2 Å². The Bertz CT molecular complexity index is 1510. The summed E-state index contributed by atoms with van der Waals surface area (Å²) in [5.41, 5.74) is -0.930. The zero-order valence-electron chi connectivity index (χ0n) is 22.0. The van der Waals surface area contributed by atoms with Gasteiger partial charge in [-0.05, 0) is 73.7 Å². The zero-order valence-corrected chi connectivity index (χ0v) is 22.8. The maximum Gasteiger partial charge on any atom is 0.416 e. The topological polar surface area (TPSA) is 85.2 Å². The molecule has 0 aliphatic rings. The molecule has 10 heteroatoms. The Balaban J connectivity index is 1.71. The van der Waals surface area contributed by atoms with Gasteiger partial charge in [-0.2, -0.15) is 13.2 Å². The molecule has 0 bridgehead atoms. The standard InChI is InChI=1S/C29H31F3N2O4S/c1-20(2)8-5-4-6-17-39(37,38)25-14-12-22(13-15-25)19-33-27(35)26-16-11-21(3)34(28(26)36)24-10-7-9-23(18-24)29(30,31)32/h4,6-7,9-16,18,20H,5,8,17,19H2,1-3H3,(H,33,35). The smallest absolute Gasteiger partial charge is 0.348 e. The predicted molar refractivity (Wildman–Crippen MR) is 145 cm³/mol. The van der Waals surface area contributed by atoms with Crippen LogP contribution in [-0.4, -0.2) is 24.6 Å². The minimum Gasteiger partial charge on any atom is -0.348 e. The molecule has 0 fully saturated rings. The van der Waals surface area contributed by atoms with Crippen molar-refractivity contribution in [1.82, 2.24) is 9.88 Å². The lowest BCUT2D eigenvalue weighted by atomic mass is 10.1. The molecular weight excluding hydrogens is 529 g/mol. The van der Waals surface area contributed by atoms with Crippen LogP contribution < -0.4 is 10.9 Å². The third-order valence-electron chi connectivity index (χ3n) is 6.08. The molecule has 0 unspecified atom stereocenters. The first kappa shape index (κ1) is 29.9. The number of nitrogens with one attached hydrogen (secondary N) is 1. The summed E-state index contributed by atoms with van der Waals surface area (Å²) in [4.78, 5) is 26.0. The number of nitrogens with zero attached hydrogens (tertiary/aromatic N) is 1.